The molecule has 0 radical (unpaired) electrons. The quantitative estimate of drug-likeness (QED) is 0.552. The molecule has 2 heteroatoms. The monoisotopic (exact) mass is 181 g/mol. The molecule has 0 N–H and O–H groups in total. The van der Waals surface area contributed by atoms with Crippen LogP contribution in [0.1, 0.15) is 41.5 Å². The molecule has 1 unspecified atom stereocenters. The molecule has 1 aliphatic rings. The third kappa shape index (κ3) is 2.17. The second kappa shape index (κ2) is 3.24. The maximum absolute atomic E-state index is 4.65. The fourth-order valence-electron chi connectivity index (χ4n) is 1.52. The first-order valence-electron chi connectivity index (χ1n) is 5.03. The highest BCUT2D eigenvalue weighted by atomic mass is 15.2. The summed E-state index contributed by atoms with van der Waals surface area (Å²) in [5, 5.41) is 0. The van der Waals surface area contributed by atoms with E-state index in [-0.39, 0.29) is 5.41 Å². The normalized spacial score (nSPS) is 23.5. The Morgan fingerprint density at radius 3 is 2.15 bits per heavy atom. The predicted molar refractivity (Wildman–Crippen MR) is 57.8 cm³/mol. The maximum atomic E-state index is 4.65. The Hall–Kier alpha value is -0.660. The summed E-state index contributed by atoms with van der Waals surface area (Å²) in [5.74, 6) is 0. The van der Waals surface area contributed by atoms with Crippen molar-refractivity contribution in [1.82, 2.24) is 0 Å². The molecule has 1 aliphatic heterocycles. The first-order valence-corrected chi connectivity index (χ1v) is 5.03. The Balaban J connectivity index is 2.90. The summed E-state index contributed by atoms with van der Waals surface area (Å²) in [6.45, 7) is 13.2. The average molecular weight is 181 g/mol. The summed E-state index contributed by atoms with van der Waals surface area (Å²) in [6, 6.07) is 0.540. The van der Waals surface area contributed by atoms with E-state index in [9.17, 15) is 0 Å². The Labute approximate surface area is 81.4 Å². The van der Waals surface area contributed by atoms with Gasteiger partial charge in [0.2, 0.25) is 6.17 Å². The number of hydrogen-bond acceptors (Lipinski definition) is 1. The van der Waals surface area contributed by atoms with Crippen molar-refractivity contribution < 1.29 is 4.58 Å². The van der Waals surface area contributed by atoms with E-state index in [4.69, 9.17) is 0 Å². The lowest BCUT2D eigenvalue weighted by Crippen LogP contribution is -2.27. The highest BCUT2D eigenvalue weighted by molar-refractivity contribution is 6.31. The van der Waals surface area contributed by atoms with Crippen LogP contribution >= 0.6 is 0 Å². The molecule has 0 saturated heterocycles. The third-order valence-electron chi connectivity index (χ3n) is 2.39. The van der Waals surface area contributed by atoms with E-state index in [1.807, 2.05) is 0 Å². The molecule has 0 bridgehead atoms. The summed E-state index contributed by atoms with van der Waals surface area (Å²) in [7, 11) is 0. The van der Waals surface area contributed by atoms with Gasteiger partial charge in [0.15, 0.2) is 6.21 Å². The summed E-state index contributed by atoms with van der Waals surface area (Å²) in [5.41, 5.74) is 1.39. The Morgan fingerprint density at radius 1 is 1.38 bits per heavy atom. The summed E-state index contributed by atoms with van der Waals surface area (Å²) in [6.07, 6.45) is 2.52. The molecule has 1 atom stereocenters. The van der Waals surface area contributed by atoms with Crippen LogP contribution in [0.2, 0.25) is 0 Å². The molecule has 1 heterocycles. The molecule has 0 spiro atoms. The van der Waals surface area contributed by atoms with E-state index in [0.717, 1.165) is 0 Å². The predicted octanol–water partition coefficient (Wildman–Crippen LogP) is 2.32. The van der Waals surface area contributed by atoms with E-state index >= 15 is 0 Å². The van der Waals surface area contributed by atoms with Crippen molar-refractivity contribution in [2.45, 2.75) is 53.8 Å². The second-order valence-corrected chi connectivity index (χ2v) is 5.07. The van der Waals surface area contributed by atoms with Crippen LogP contribution in [0.25, 0.3) is 0 Å². The van der Waals surface area contributed by atoms with Gasteiger partial charge in [0, 0.05) is 12.3 Å². The van der Waals surface area contributed by atoms with Gasteiger partial charge >= 0.3 is 0 Å². The molecule has 0 aromatic heterocycles. The van der Waals surface area contributed by atoms with Crippen LogP contribution in [0.5, 0.6) is 0 Å². The van der Waals surface area contributed by atoms with Gasteiger partial charge in [-0.1, -0.05) is 20.8 Å². The largest absolute Gasteiger partial charge is 0.243 e. The van der Waals surface area contributed by atoms with E-state index < -0.39 is 0 Å². The lowest BCUT2D eigenvalue weighted by atomic mass is 9.91. The SMILES string of the molecule is CC(C)[N+]1=CC(C(C)(C)C)=NC1C. The fraction of sp³-hybridized carbons (Fsp3) is 0.818. The minimum Gasteiger partial charge on any atom is -0.216 e. The molecular formula is C11H21N2+. The van der Waals surface area contributed by atoms with Crippen LogP contribution in [-0.4, -0.2) is 28.7 Å². The topological polar surface area (TPSA) is 15.4 Å². The van der Waals surface area contributed by atoms with Gasteiger partial charge in [0.25, 0.3) is 0 Å². The molecule has 0 aromatic rings. The zero-order valence-corrected chi connectivity index (χ0v) is 9.63. The van der Waals surface area contributed by atoms with Crippen molar-refractivity contribution in [3.05, 3.63) is 0 Å². The molecule has 0 fully saturated rings. The summed E-state index contributed by atoms with van der Waals surface area (Å²) >= 11 is 0. The van der Waals surface area contributed by atoms with Crippen molar-refractivity contribution in [2.75, 3.05) is 0 Å². The highest BCUT2D eigenvalue weighted by Gasteiger charge is 2.31. The minimum atomic E-state index is 0.178. The van der Waals surface area contributed by atoms with Crippen molar-refractivity contribution in [2.24, 2.45) is 10.4 Å². The fourth-order valence-corrected chi connectivity index (χ4v) is 1.52. The van der Waals surface area contributed by atoms with Gasteiger partial charge in [-0.2, -0.15) is 0 Å². The zero-order chi connectivity index (χ0) is 10.2. The van der Waals surface area contributed by atoms with Crippen LogP contribution < -0.4 is 0 Å². The van der Waals surface area contributed by atoms with Gasteiger partial charge in [0.1, 0.15) is 11.8 Å². The highest BCUT2D eigenvalue weighted by Crippen LogP contribution is 2.19. The van der Waals surface area contributed by atoms with Gasteiger partial charge < -0.3 is 0 Å². The van der Waals surface area contributed by atoms with E-state index in [1.54, 1.807) is 0 Å². The standard InChI is InChI=1S/C11H21N2/c1-8(2)13-7-10(11(4,5)6)12-9(13)3/h7-9H,1-6H3/q+1. The molecular weight excluding hydrogens is 160 g/mol. The number of nitrogens with zero attached hydrogens (tertiary/aromatic N) is 2. The van der Waals surface area contributed by atoms with Crippen molar-refractivity contribution in [3.63, 3.8) is 0 Å². The summed E-state index contributed by atoms with van der Waals surface area (Å²) in [4.78, 5) is 4.65. The van der Waals surface area contributed by atoms with Crippen molar-refractivity contribution in [3.8, 4) is 0 Å². The third-order valence-corrected chi connectivity index (χ3v) is 2.39. The van der Waals surface area contributed by atoms with Gasteiger partial charge in [0.05, 0.1) is 0 Å². The van der Waals surface area contributed by atoms with Gasteiger partial charge in [-0.3, -0.25) is 0 Å². The zero-order valence-electron chi connectivity index (χ0n) is 9.63. The minimum absolute atomic E-state index is 0.178. The Morgan fingerprint density at radius 2 is 1.92 bits per heavy atom. The Bertz CT molecular complexity index is 254. The van der Waals surface area contributed by atoms with Crippen LogP contribution in [0.4, 0.5) is 0 Å². The van der Waals surface area contributed by atoms with Gasteiger partial charge in [-0.05, 0) is 13.8 Å². The molecule has 0 aromatic carbocycles. The number of aliphatic imine (C=N–C) groups is 1. The van der Waals surface area contributed by atoms with Crippen molar-refractivity contribution in [1.29, 1.82) is 0 Å². The van der Waals surface area contributed by atoms with Crippen LogP contribution in [0.15, 0.2) is 4.99 Å². The van der Waals surface area contributed by atoms with E-state index in [1.165, 1.54) is 5.71 Å². The van der Waals surface area contributed by atoms with Crippen LogP contribution in [-0.2, 0) is 0 Å². The van der Waals surface area contributed by atoms with Gasteiger partial charge in [-0.15, -0.1) is 0 Å². The Kier molecular flexibility index (Phi) is 2.60. The molecule has 1 rings (SSSR count). The average Bonchev–Trinajstić information content (AvgIpc) is 2.29. The molecule has 74 valence electrons. The van der Waals surface area contributed by atoms with Gasteiger partial charge in [-0.25, -0.2) is 9.57 Å². The van der Waals surface area contributed by atoms with E-state index in [2.05, 4.69) is 57.3 Å². The second-order valence-electron chi connectivity index (χ2n) is 5.07. The first kappa shape index (κ1) is 10.4. The first-order chi connectivity index (χ1) is 5.82. The molecule has 0 aliphatic carbocycles. The molecule has 13 heavy (non-hydrogen) atoms. The molecule has 2 nitrogen and oxygen atoms in total. The lowest BCUT2D eigenvalue weighted by molar-refractivity contribution is -0.580. The number of rotatable bonds is 1. The van der Waals surface area contributed by atoms with Crippen LogP contribution in [0, 0.1) is 5.41 Å². The van der Waals surface area contributed by atoms with Crippen molar-refractivity contribution >= 4 is 11.9 Å². The smallest absolute Gasteiger partial charge is 0.216 e. The lowest BCUT2D eigenvalue weighted by Gasteiger charge is -2.13. The van der Waals surface area contributed by atoms with E-state index in [0.29, 0.717) is 12.2 Å². The molecule has 0 saturated carbocycles. The van der Waals surface area contributed by atoms with Crippen LogP contribution in [0.3, 0.4) is 0 Å². The maximum Gasteiger partial charge on any atom is 0.243 e. The summed E-state index contributed by atoms with van der Waals surface area (Å²) < 4.78 is 2.31. The number of hydrogen-bond donors (Lipinski definition) is 0. The molecule has 0 amide bonds.